The van der Waals surface area contributed by atoms with Gasteiger partial charge in [-0.1, -0.05) is 58.4 Å². The normalized spacial score (nSPS) is 11.3. The van der Waals surface area contributed by atoms with Crippen molar-refractivity contribution in [1.82, 2.24) is 0 Å². The van der Waals surface area contributed by atoms with Gasteiger partial charge < -0.3 is 4.90 Å². The van der Waals surface area contributed by atoms with Crippen molar-refractivity contribution in [2.75, 3.05) is 23.0 Å². The van der Waals surface area contributed by atoms with Crippen molar-refractivity contribution < 1.29 is 8.42 Å². The average Bonchev–Trinajstić information content (AvgIpc) is 2.47. The molecule has 0 saturated heterocycles. The number of alkyl halides is 1. The molecule has 0 N–H and O–H groups in total. The van der Waals surface area contributed by atoms with E-state index in [1.807, 2.05) is 42.5 Å². The summed E-state index contributed by atoms with van der Waals surface area (Å²) in [5, 5.41) is 0.776. The molecule has 5 heteroatoms. The van der Waals surface area contributed by atoms with Crippen LogP contribution < -0.4 is 4.90 Å². The third-order valence-corrected chi connectivity index (χ3v) is 4.67. The molecule has 3 nitrogen and oxygen atoms in total. The molecule has 0 aliphatic heterocycles. The largest absolute Gasteiger partial charge is 0.365 e. The lowest BCUT2D eigenvalue weighted by molar-refractivity contribution is 0.601. The number of sulfone groups is 1. The van der Waals surface area contributed by atoms with Gasteiger partial charge in [0.25, 0.3) is 0 Å². The first-order valence-corrected chi connectivity index (χ1v) is 9.67. The number of para-hydroxylation sites is 1. The summed E-state index contributed by atoms with van der Waals surface area (Å²) in [5.74, 6) is 0. The first-order valence-electron chi connectivity index (χ1n) is 6.66. The number of anilines is 1. The van der Waals surface area contributed by atoms with E-state index < -0.39 is 9.84 Å². The van der Waals surface area contributed by atoms with Crippen LogP contribution in [0.5, 0.6) is 0 Å². The molecule has 2 aromatic carbocycles. The maximum absolute atomic E-state index is 12.0. The van der Waals surface area contributed by atoms with Crippen molar-refractivity contribution in [3.8, 4) is 0 Å². The summed E-state index contributed by atoms with van der Waals surface area (Å²) in [6.45, 7) is 1.42. The number of hydrogen-bond acceptors (Lipinski definition) is 3. The Kier molecular flexibility index (Phi) is 5.42. The Morgan fingerprint density at radius 1 is 1.00 bits per heavy atom. The first kappa shape index (κ1) is 16.0. The predicted octanol–water partition coefficient (Wildman–Crippen LogP) is 3.49. The highest BCUT2D eigenvalue weighted by Crippen LogP contribution is 2.26. The van der Waals surface area contributed by atoms with Crippen LogP contribution in [-0.2, 0) is 16.4 Å². The summed E-state index contributed by atoms with van der Waals surface area (Å²) >= 11 is 3.44. The molecule has 0 aliphatic carbocycles. The van der Waals surface area contributed by atoms with Crippen molar-refractivity contribution >= 4 is 31.5 Å². The maximum Gasteiger partial charge on any atom is 0.177 e. The molecule has 2 rings (SSSR count). The molecule has 2 aromatic rings. The minimum Gasteiger partial charge on any atom is -0.365 e. The molecular weight excluding hydrogens is 350 g/mol. The molecule has 0 aliphatic rings. The van der Waals surface area contributed by atoms with Crippen LogP contribution >= 0.6 is 15.9 Å². The molecule has 0 radical (unpaired) electrons. The third-order valence-electron chi connectivity index (χ3n) is 3.18. The second-order valence-corrected chi connectivity index (χ2v) is 7.61. The Hall–Kier alpha value is -1.33. The van der Waals surface area contributed by atoms with Crippen molar-refractivity contribution in [1.29, 1.82) is 0 Å². The zero-order chi connectivity index (χ0) is 15.3. The van der Waals surface area contributed by atoms with Gasteiger partial charge in [-0.2, -0.15) is 0 Å². The van der Waals surface area contributed by atoms with Gasteiger partial charge in [-0.15, -0.1) is 0 Å². The topological polar surface area (TPSA) is 37.4 Å². The zero-order valence-electron chi connectivity index (χ0n) is 11.9. The van der Waals surface area contributed by atoms with E-state index in [-0.39, 0.29) is 0 Å². The summed E-state index contributed by atoms with van der Waals surface area (Å²) < 4.78 is 24.0. The van der Waals surface area contributed by atoms with Gasteiger partial charge in [-0.3, -0.25) is 0 Å². The molecule has 21 heavy (non-hydrogen) atoms. The second-order valence-electron chi connectivity index (χ2n) is 4.84. The summed E-state index contributed by atoms with van der Waals surface area (Å²) in [6.07, 6.45) is 1.25. The van der Waals surface area contributed by atoms with E-state index in [2.05, 4.69) is 20.8 Å². The van der Waals surface area contributed by atoms with Gasteiger partial charge in [0.15, 0.2) is 9.84 Å². The molecular formula is C16H18BrNO2S. The molecule has 0 amide bonds. The predicted molar refractivity (Wildman–Crippen MR) is 90.8 cm³/mol. The Morgan fingerprint density at radius 3 is 2.24 bits per heavy atom. The number of rotatable bonds is 6. The molecule has 0 fully saturated rings. The highest BCUT2D eigenvalue weighted by atomic mass is 79.9. The van der Waals surface area contributed by atoms with Crippen molar-refractivity contribution in [2.24, 2.45) is 0 Å². The fraction of sp³-hybridized carbons (Fsp3) is 0.250. The number of nitrogens with zero attached hydrogens (tertiary/aromatic N) is 1. The van der Waals surface area contributed by atoms with E-state index in [9.17, 15) is 8.42 Å². The average molecular weight is 368 g/mol. The van der Waals surface area contributed by atoms with Gasteiger partial charge in [0.05, 0.1) is 10.6 Å². The lowest BCUT2D eigenvalue weighted by Crippen LogP contribution is -2.26. The Balaban J connectivity index is 2.39. The number of halogens is 1. The number of hydrogen-bond donors (Lipinski definition) is 0. The zero-order valence-corrected chi connectivity index (χ0v) is 14.3. The molecule has 0 unspecified atom stereocenters. The lowest BCUT2D eigenvalue weighted by atomic mass is 10.2. The van der Waals surface area contributed by atoms with Crippen LogP contribution in [0.15, 0.2) is 59.5 Å². The van der Waals surface area contributed by atoms with Crippen LogP contribution in [0.25, 0.3) is 0 Å². The van der Waals surface area contributed by atoms with Gasteiger partial charge in [0.2, 0.25) is 0 Å². The van der Waals surface area contributed by atoms with E-state index in [0.717, 1.165) is 23.1 Å². The Labute approximate surface area is 134 Å². The summed E-state index contributed by atoms with van der Waals surface area (Å²) in [7, 11) is -3.25. The monoisotopic (exact) mass is 367 g/mol. The highest BCUT2D eigenvalue weighted by Gasteiger charge is 2.17. The number of benzene rings is 2. The van der Waals surface area contributed by atoms with E-state index in [1.54, 1.807) is 12.1 Å². The van der Waals surface area contributed by atoms with Crippen molar-refractivity contribution in [2.45, 2.75) is 11.4 Å². The van der Waals surface area contributed by atoms with E-state index in [4.69, 9.17) is 0 Å². The van der Waals surface area contributed by atoms with Gasteiger partial charge in [-0.05, 0) is 17.7 Å². The third kappa shape index (κ3) is 4.32. The quantitative estimate of drug-likeness (QED) is 0.733. The van der Waals surface area contributed by atoms with Gasteiger partial charge in [-0.25, -0.2) is 8.42 Å². The Bertz CT molecular complexity index is 686. The SMILES string of the molecule is CS(=O)(=O)c1ccccc1N(CCBr)Cc1ccccc1. The molecule has 0 atom stereocenters. The van der Waals surface area contributed by atoms with Gasteiger partial charge >= 0.3 is 0 Å². The van der Waals surface area contributed by atoms with Crippen LogP contribution in [0.3, 0.4) is 0 Å². The summed E-state index contributed by atoms with van der Waals surface area (Å²) in [5.41, 5.74) is 1.91. The minimum absolute atomic E-state index is 0.377. The smallest absolute Gasteiger partial charge is 0.177 e. The Morgan fingerprint density at radius 2 is 1.62 bits per heavy atom. The van der Waals surface area contributed by atoms with E-state index in [1.165, 1.54) is 6.26 Å². The molecule has 112 valence electrons. The van der Waals surface area contributed by atoms with Crippen molar-refractivity contribution in [3.05, 3.63) is 60.2 Å². The van der Waals surface area contributed by atoms with E-state index in [0.29, 0.717) is 11.4 Å². The molecule has 0 bridgehead atoms. The standard InChI is InChI=1S/C16H18BrNO2S/c1-21(19,20)16-10-6-5-9-15(16)18(12-11-17)13-14-7-3-2-4-8-14/h2-10H,11-13H2,1H3. The van der Waals surface area contributed by atoms with Gasteiger partial charge in [0.1, 0.15) is 0 Å². The highest BCUT2D eigenvalue weighted by molar-refractivity contribution is 9.09. The van der Waals surface area contributed by atoms with E-state index >= 15 is 0 Å². The van der Waals surface area contributed by atoms with Crippen LogP contribution in [0, 0.1) is 0 Å². The first-order chi connectivity index (χ1) is 10.0. The van der Waals surface area contributed by atoms with Crippen LogP contribution in [0.2, 0.25) is 0 Å². The van der Waals surface area contributed by atoms with Crippen LogP contribution in [-0.4, -0.2) is 26.5 Å². The molecule has 0 saturated carbocycles. The molecule has 0 spiro atoms. The minimum atomic E-state index is -3.25. The van der Waals surface area contributed by atoms with Crippen molar-refractivity contribution in [3.63, 3.8) is 0 Å². The molecule has 0 heterocycles. The second kappa shape index (κ2) is 7.09. The fourth-order valence-electron chi connectivity index (χ4n) is 2.22. The van der Waals surface area contributed by atoms with Gasteiger partial charge in [0, 0.05) is 24.7 Å². The summed E-state index contributed by atoms with van der Waals surface area (Å²) in [4.78, 5) is 2.46. The fourth-order valence-corrected chi connectivity index (χ4v) is 3.55. The summed E-state index contributed by atoms with van der Waals surface area (Å²) in [6, 6.07) is 17.2. The molecule has 0 aromatic heterocycles. The van der Waals surface area contributed by atoms with Crippen LogP contribution in [0.4, 0.5) is 5.69 Å². The van der Waals surface area contributed by atoms with Crippen LogP contribution in [0.1, 0.15) is 5.56 Å². The lowest BCUT2D eigenvalue weighted by Gasteiger charge is -2.26. The maximum atomic E-state index is 12.0.